The van der Waals surface area contributed by atoms with Crippen molar-refractivity contribution in [3.05, 3.63) is 44.2 Å². The Bertz CT molecular complexity index is 635. The SMILES string of the molecule is CCCc1nc(Cl)c(C)c(Oc2ccc(Cl)cc2Br)n1. The molecule has 0 spiro atoms. The molecule has 0 amide bonds. The van der Waals surface area contributed by atoms with Crippen molar-refractivity contribution in [1.29, 1.82) is 0 Å². The zero-order valence-electron chi connectivity index (χ0n) is 11.1. The summed E-state index contributed by atoms with van der Waals surface area (Å²) in [5, 5.41) is 1.05. The third-order valence-electron chi connectivity index (χ3n) is 2.66. The van der Waals surface area contributed by atoms with Crippen LogP contribution in [0, 0.1) is 6.92 Å². The minimum atomic E-state index is 0.420. The number of benzene rings is 1. The van der Waals surface area contributed by atoms with E-state index in [0.717, 1.165) is 17.3 Å². The summed E-state index contributed by atoms with van der Waals surface area (Å²) < 4.78 is 6.58. The van der Waals surface area contributed by atoms with Gasteiger partial charge in [-0.3, -0.25) is 0 Å². The van der Waals surface area contributed by atoms with E-state index in [2.05, 4.69) is 32.8 Å². The first-order valence-electron chi connectivity index (χ1n) is 6.17. The molecule has 0 aliphatic rings. The molecular weight excluding hydrogens is 363 g/mol. The second-order valence-corrected chi connectivity index (χ2v) is 5.94. The maximum Gasteiger partial charge on any atom is 0.227 e. The van der Waals surface area contributed by atoms with Crippen LogP contribution in [0.4, 0.5) is 0 Å². The number of hydrogen-bond donors (Lipinski definition) is 0. The van der Waals surface area contributed by atoms with E-state index in [4.69, 9.17) is 27.9 Å². The van der Waals surface area contributed by atoms with Gasteiger partial charge < -0.3 is 4.74 Å². The second kappa shape index (κ2) is 6.74. The molecule has 0 atom stereocenters. The zero-order chi connectivity index (χ0) is 14.7. The summed E-state index contributed by atoms with van der Waals surface area (Å²) in [6.07, 6.45) is 1.71. The van der Waals surface area contributed by atoms with Gasteiger partial charge in [-0.1, -0.05) is 30.1 Å². The van der Waals surface area contributed by atoms with Crippen LogP contribution >= 0.6 is 39.1 Å². The van der Waals surface area contributed by atoms with E-state index in [-0.39, 0.29) is 0 Å². The van der Waals surface area contributed by atoms with Crippen LogP contribution in [-0.4, -0.2) is 9.97 Å². The molecule has 2 aromatic rings. The van der Waals surface area contributed by atoms with Gasteiger partial charge in [0.05, 0.1) is 4.47 Å². The van der Waals surface area contributed by atoms with Crippen LogP contribution in [0.25, 0.3) is 0 Å². The molecule has 106 valence electrons. The quantitative estimate of drug-likeness (QED) is 0.652. The van der Waals surface area contributed by atoms with Gasteiger partial charge in [0.2, 0.25) is 5.88 Å². The van der Waals surface area contributed by atoms with Crippen LogP contribution in [0.5, 0.6) is 11.6 Å². The molecule has 6 heteroatoms. The van der Waals surface area contributed by atoms with Gasteiger partial charge in [0.1, 0.15) is 16.7 Å². The van der Waals surface area contributed by atoms with E-state index in [0.29, 0.717) is 33.2 Å². The average Bonchev–Trinajstić information content (AvgIpc) is 2.39. The molecular formula is C14H13BrCl2N2O. The highest BCUT2D eigenvalue weighted by Crippen LogP contribution is 2.33. The van der Waals surface area contributed by atoms with Crippen molar-refractivity contribution in [2.45, 2.75) is 26.7 Å². The molecule has 0 aliphatic heterocycles. The van der Waals surface area contributed by atoms with Crippen molar-refractivity contribution in [1.82, 2.24) is 9.97 Å². The van der Waals surface area contributed by atoms with Crippen LogP contribution in [0.2, 0.25) is 10.2 Å². The maximum atomic E-state index is 6.12. The highest BCUT2D eigenvalue weighted by molar-refractivity contribution is 9.10. The lowest BCUT2D eigenvalue weighted by Crippen LogP contribution is -2.01. The Balaban J connectivity index is 2.37. The van der Waals surface area contributed by atoms with Crippen LogP contribution in [-0.2, 0) is 6.42 Å². The predicted molar refractivity (Wildman–Crippen MR) is 85.0 cm³/mol. The van der Waals surface area contributed by atoms with E-state index in [1.54, 1.807) is 18.2 Å². The number of hydrogen-bond acceptors (Lipinski definition) is 3. The highest BCUT2D eigenvalue weighted by Gasteiger charge is 2.12. The van der Waals surface area contributed by atoms with Crippen molar-refractivity contribution in [2.24, 2.45) is 0 Å². The van der Waals surface area contributed by atoms with Crippen LogP contribution in [0.1, 0.15) is 24.7 Å². The van der Waals surface area contributed by atoms with Crippen molar-refractivity contribution in [3.8, 4) is 11.6 Å². The Morgan fingerprint density at radius 2 is 2.00 bits per heavy atom. The Hall–Kier alpha value is -0.840. The first-order valence-corrected chi connectivity index (χ1v) is 7.72. The van der Waals surface area contributed by atoms with Crippen molar-refractivity contribution >= 4 is 39.1 Å². The van der Waals surface area contributed by atoms with E-state index in [1.165, 1.54) is 0 Å². The van der Waals surface area contributed by atoms with Gasteiger partial charge >= 0.3 is 0 Å². The smallest absolute Gasteiger partial charge is 0.227 e. The molecule has 1 aromatic heterocycles. The summed E-state index contributed by atoms with van der Waals surface area (Å²) in [6.45, 7) is 3.89. The third-order valence-corrected chi connectivity index (χ3v) is 3.89. The van der Waals surface area contributed by atoms with Crippen LogP contribution < -0.4 is 4.74 Å². The molecule has 1 heterocycles. The summed E-state index contributed by atoms with van der Waals surface area (Å²) in [5.41, 5.74) is 0.716. The lowest BCUT2D eigenvalue weighted by molar-refractivity contribution is 0.451. The summed E-state index contributed by atoms with van der Waals surface area (Å²) in [4.78, 5) is 8.65. The molecule has 0 radical (unpaired) electrons. The molecule has 0 N–H and O–H groups in total. The van der Waals surface area contributed by atoms with Gasteiger partial charge in [0.15, 0.2) is 0 Å². The fraction of sp³-hybridized carbons (Fsp3) is 0.286. The summed E-state index contributed by atoms with van der Waals surface area (Å²) in [7, 11) is 0. The number of aryl methyl sites for hydroxylation is 1. The lowest BCUT2D eigenvalue weighted by atomic mass is 10.3. The molecule has 0 bridgehead atoms. The Morgan fingerprint density at radius 1 is 1.25 bits per heavy atom. The summed E-state index contributed by atoms with van der Waals surface area (Å²) in [6, 6.07) is 5.30. The Kier molecular flexibility index (Phi) is 5.24. The normalized spacial score (nSPS) is 10.7. The van der Waals surface area contributed by atoms with Crippen LogP contribution in [0.15, 0.2) is 22.7 Å². The number of rotatable bonds is 4. The molecule has 0 unspecified atom stereocenters. The lowest BCUT2D eigenvalue weighted by Gasteiger charge is -2.11. The first-order chi connectivity index (χ1) is 9.51. The van der Waals surface area contributed by atoms with Crippen molar-refractivity contribution in [2.75, 3.05) is 0 Å². The predicted octanol–water partition coefficient (Wildman–Crippen LogP) is 5.60. The number of aromatic nitrogens is 2. The molecule has 2 rings (SSSR count). The van der Waals surface area contributed by atoms with Gasteiger partial charge in [0.25, 0.3) is 0 Å². The van der Waals surface area contributed by atoms with E-state index >= 15 is 0 Å². The topological polar surface area (TPSA) is 35.0 Å². The maximum absolute atomic E-state index is 6.12. The minimum Gasteiger partial charge on any atom is -0.437 e. The fourth-order valence-corrected chi connectivity index (χ4v) is 2.55. The van der Waals surface area contributed by atoms with Gasteiger partial charge in [-0.05, 0) is 47.5 Å². The molecule has 0 saturated heterocycles. The number of ether oxygens (including phenoxy) is 1. The van der Waals surface area contributed by atoms with Crippen molar-refractivity contribution < 1.29 is 4.74 Å². The van der Waals surface area contributed by atoms with Crippen molar-refractivity contribution in [3.63, 3.8) is 0 Å². The Labute approximate surface area is 136 Å². The molecule has 1 aromatic carbocycles. The summed E-state index contributed by atoms with van der Waals surface area (Å²) >= 11 is 15.4. The zero-order valence-corrected chi connectivity index (χ0v) is 14.2. The molecule has 0 fully saturated rings. The van der Waals surface area contributed by atoms with E-state index in [9.17, 15) is 0 Å². The molecule has 3 nitrogen and oxygen atoms in total. The summed E-state index contributed by atoms with van der Waals surface area (Å²) in [5.74, 6) is 1.79. The van der Waals surface area contributed by atoms with E-state index in [1.807, 2.05) is 6.92 Å². The average molecular weight is 376 g/mol. The molecule has 0 aliphatic carbocycles. The number of halogens is 3. The Morgan fingerprint density at radius 3 is 2.65 bits per heavy atom. The molecule has 20 heavy (non-hydrogen) atoms. The monoisotopic (exact) mass is 374 g/mol. The largest absolute Gasteiger partial charge is 0.437 e. The van der Waals surface area contributed by atoms with Gasteiger partial charge in [-0.25, -0.2) is 4.98 Å². The third kappa shape index (κ3) is 3.62. The number of nitrogens with zero attached hydrogens (tertiary/aromatic N) is 2. The second-order valence-electron chi connectivity index (χ2n) is 4.29. The van der Waals surface area contributed by atoms with E-state index < -0.39 is 0 Å². The van der Waals surface area contributed by atoms with Crippen LogP contribution in [0.3, 0.4) is 0 Å². The first kappa shape index (κ1) is 15.5. The van der Waals surface area contributed by atoms with Gasteiger partial charge in [0, 0.05) is 17.0 Å². The highest BCUT2D eigenvalue weighted by atomic mass is 79.9. The molecule has 0 saturated carbocycles. The fourth-order valence-electron chi connectivity index (χ4n) is 1.61. The van der Waals surface area contributed by atoms with Gasteiger partial charge in [-0.15, -0.1) is 0 Å². The van der Waals surface area contributed by atoms with Gasteiger partial charge in [-0.2, -0.15) is 4.98 Å². The minimum absolute atomic E-state index is 0.420. The standard InChI is InChI=1S/C14H13BrCl2N2O/c1-3-4-12-18-13(17)8(2)14(19-12)20-11-6-5-9(16)7-10(11)15/h5-7H,3-4H2,1-2H3.